The van der Waals surface area contributed by atoms with Crippen molar-refractivity contribution in [2.75, 3.05) is 36.5 Å². The Hall–Kier alpha value is -2.08. The maximum atomic E-state index is 12.8. The van der Waals surface area contributed by atoms with Crippen molar-refractivity contribution in [2.45, 2.75) is 51.5 Å². The Kier molecular flexibility index (Phi) is 5.21. The SMILES string of the molecule is CC(NC(=O)C(=O)Nc1ccccc1N1CCOCC1)C12CC3CC(CC(C3)C1)C2. The molecule has 1 atom stereocenters. The van der Waals surface area contributed by atoms with Gasteiger partial charge in [0.15, 0.2) is 0 Å². The van der Waals surface area contributed by atoms with Crippen LogP contribution in [0.4, 0.5) is 11.4 Å². The highest BCUT2D eigenvalue weighted by atomic mass is 16.5. The van der Waals surface area contributed by atoms with E-state index in [1.807, 2.05) is 24.3 Å². The molecular formula is C24H33N3O3. The Bertz CT molecular complexity index is 782. The maximum Gasteiger partial charge on any atom is 0.313 e. The number of para-hydroxylation sites is 2. The second-order valence-electron chi connectivity index (χ2n) is 10.0. The molecule has 162 valence electrons. The molecule has 30 heavy (non-hydrogen) atoms. The minimum absolute atomic E-state index is 0.0404. The molecule has 5 aliphatic rings. The van der Waals surface area contributed by atoms with Crippen LogP contribution in [0.15, 0.2) is 24.3 Å². The van der Waals surface area contributed by atoms with Crippen molar-refractivity contribution < 1.29 is 14.3 Å². The fourth-order valence-electron chi connectivity index (χ4n) is 6.96. The Balaban J connectivity index is 1.24. The van der Waals surface area contributed by atoms with Crippen LogP contribution >= 0.6 is 0 Å². The van der Waals surface area contributed by atoms with Gasteiger partial charge >= 0.3 is 11.8 Å². The van der Waals surface area contributed by atoms with Crippen LogP contribution in [0.25, 0.3) is 0 Å². The summed E-state index contributed by atoms with van der Waals surface area (Å²) in [4.78, 5) is 27.7. The predicted octanol–water partition coefficient (Wildman–Crippen LogP) is 3.18. The number of anilines is 2. The molecule has 2 amide bonds. The molecule has 1 saturated heterocycles. The van der Waals surface area contributed by atoms with Crippen LogP contribution in [0.5, 0.6) is 0 Å². The lowest BCUT2D eigenvalue weighted by Crippen LogP contribution is -2.57. The molecular weight excluding hydrogens is 378 g/mol. The summed E-state index contributed by atoms with van der Waals surface area (Å²) >= 11 is 0. The van der Waals surface area contributed by atoms with Crippen LogP contribution < -0.4 is 15.5 Å². The average molecular weight is 412 g/mol. The molecule has 4 aliphatic carbocycles. The van der Waals surface area contributed by atoms with Crippen molar-refractivity contribution in [2.24, 2.45) is 23.2 Å². The molecule has 4 bridgehead atoms. The van der Waals surface area contributed by atoms with E-state index in [4.69, 9.17) is 4.74 Å². The fraction of sp³-hybridized carbons (Fsp3) is 0.667. The zero-order valence-electron chi connectivity index (χ0n) is 17.9. The van der Waals surface area contributed by atoms with Gasteiger partial charge in [-0.05, 0) is 80.8 Å². The third kappa shape index (κ3) is 3.70. The zero-order valence-corrected chi connectivity index (χ0v) is 17.9. The molecule has 1 heterocycles. The van der Waals surface area contributed by atoms with Gasteiger partial charge in [-0.15, -0.1) is 0 Å². The van der Waals surface area contributed by atoms with E-state index >= 15 is 0 Å². The van der Waals surface area contributed by atoms with E-state index < -0.39 is 11.8 Å². The van der Waals surface area contributed by atoms with Crippen LogP contribution in [-0.4, -0.2) is 44.2 Å². The van der Waals surface area contributed by atoms with E-state index in [1.54, 1.807) is 0 Å². The number of ether oxygens (including phenoxy) is 1. The fourth-order valence-corrected chi connectivity index (χ4v) is 6.96. The van der Waals surface area contributed by atoms with E-state index in [9.17, 15) is 9.59 Å². The molecule has 6 rings (SSSR count). The Morgan fingerprint density at radius 3 is 2.23 bits per heavy atom. The molecule has 0 radical (unpaired) electrons. The summed E-state index contributed by atoms with van der Waals surface area (Å²) in [7, 11) is 0. The molecule has 1 aliphatic heterocycles. The highest BCUT2D eigenvalue weighted by Gasteiger charge is 2.53. The van der Waals surface area contributed by atoms with Crippen molar-refractivity contribution >= 4 is 23.2 Å². The van der Waals surface area contributed by atoms with Crippen molar-refractivity contribution in [1.82, 2.24) is 5.32 Å². The quantitative estimate of drug-likeness (QED) is 0.747. The van der Waals surface area contributed by atoms with Crippen LogP contribution in [0, 0.1) is 23.2 Å². The van der Waals surface area contributed by atoms with Gasteiger partial charge in [-0.1, -0.05) is 12.1 Å². The summed E-state index contributed by atoms with van der Waals surface area (Å²) in [6.07, 6.45) is 7.75. The van der Waals surface area contributed by atoms with Gasteiger partial charge in [0.05, 0.1) is 24.6 Å². The van der Waals surface area contributed by atoms with Gasteiger partial charge in [0.1, 0.15) is 0 Å². The summed E-state index contributed by atoms with van der Waals surface area (Å²) in [5.74, 6) is 1.38. The highest BCUT2D eigenvalue weighted by molar-refractivity contribution is 6.40. The van der Waals surface area contributed by atoms with E-state index in [0.29, 0.717) is 18.9 Å². The number of nitrogens with one attached hydrogen (secondary N) is 2. The van der Waals surface area contributed by atoms with Gasteiger partial charge in [-0.3, -0.25) is 9.59 Å². The topological polar surface area (TPSA) is 70.7 Å². The van der Waals surface area contributed by atoms with Gasteiger partial charge in [0.2, 0.25) is 0 Å². The summed E-state index contributed by atoms with van der Waals surface area (Å²) < 4.78 is 5.43. The van der Waals surface area contributed by atoms with E-state index in [2.05, 4.69) is 22.5 Å². The Morgan fingerprint density at radius 2 is 1.60 bits per heavy atom. The van der Waals surface area contributed by atoms with Gasteiger partial charge in [-0.25, -0.2) is 0 Å². The van der Waals surface area contributed by atoms with Crippen molar-refractivity contribution in [3.63, 3.8) is 0 Å². The Labute approximate surface area is 178 Å². The second kappa shape index (κ2) is 7.88. The lowest BCUT2D eigenvalue weighted by atomic mass is 9.48. The third-order valence-corrected chi connectivity index (χ3v) is 8.06. The number of carbonyl (C=O) groups excluding carboxylic acids is 2. The molecule has 0 aromatic heterocycles. The van der Waals surface area contributed by atoms with Gasteiger partial charge in [0, 0.05) is 19.1 Å². The normalized spacial score (nSPS) is 33.2. The molecule has 1 aromatic carbocycles. The monoisotopic (exact) mass is 411 g/mol. The number of hydrogen-bond acceptors (Lipinski definition) is 4. The number of hydrogen-bond donors (Lipinski definition) is 2. The highest BCUT2D eigenvalue weighted by Crippen LogP contribution is 2.61. The number of morpholine rings is 1. The molecule has 2 N–H and O–H groups in total. The van der Waals surface area contributed by atoms with Gasteiger partial charge < -0.3 is 20.3 Å². The minimum atomic E-state index is -0.577. The largest absolute Gasteiger partial charge is 0.378 e. The third-order valence-electron chi connectivity index (χ3n) is 8.06. The predicted molar refractivity (Wildman–Crippen MR) is 116 cm³/mol. The molecule has 1 aromatic rings. The molecule has 5 fully saturated rings. The summed E-state index contributed by atoms with van der Waals surface area (Å²) in [5.41, 5.74) is 1.81. The number of nitrogens with zero attached hydrogens (tertiary/aromatic N) is 1. The smallest absolute Gasteiger partial charge is 0.313 e. The van der Waals surface area contributed by atoms with Crippen LogP contribution in [0.3, 0.4) is 0 Å². The number of rotatable bonds is 4. The van der Waals surface area contributed by atoms with Crippen LogP contribution in [0.1, 0.15) is 45.4 Å². The lowest BCUT2D eigenvalue weighted by Gasteiger charge is -2.59. The molecule has 6 nitrogen and oxygen atoms in total. The first-order chi connectivity index (χ1) is 14.5. The van der Waals surface area contributed by atoms with E-state index in [1.165, 1.54) is 38.5 Å². The van der Waals surface area contributed by atoms with E-state index in [-0.39, 0.29) is 11.5 Å². The zero-order chi connectivity index (χ0) is 20.7. The summed E-state index contributed by atoms with van der Waals surface area (Å²) in [6, 6.07) is 7.72. The maximum absolute atomic E-state index is 12.8. The van der Waals surface area contributed by atoms with Crippen molar-refractivity contribution in [3.05, 3.63) is 24.3 Å². The minimum Gasteiger partial charge on any atom is -0.378 e. The number of carbonyl (C=O) groups is 2. The first kappa shape index (κ1) is 19.9. The number of amides is 2. The summed E-state index contributed by atoms with van der Waals surface area (Å²) in [6.45, 7) is 5.01. The average Bonchev–Trinajstić information content (AvgIpc) is 2.73. The molecule has 0 spiro atoms. The number of benzene rings is 1. The van der Waals surface area contributed by atoms with Gasteiger partial charge in [0.25, 0.3) is 0 Å². The van der Waals surface area contributed by atoms with E-state index in [0.717, 1.165) is 36.5 Å². The first-order valence-corrected chi connectivity index (χ1v) is 11.6. The van der Waals surface area contributed by atoms with Crippen molar-refractivity contribution in [3.8, 4) is 0 Å². The first-order valence-electron chi connectivity index (χ1n) is 11.6. The molecule has 6 heteroatoms. The summed E-state index contributed by atoms with van der Waals surface area (Å²) in [5, 5.41) is 5.92. The molecule has 1 unspecified atom stereocenters. The van der Waals surface area contributed by atoms with Crippen LogP contribution in [0.2, 0.25) is 0 Å². The van der Waals surface area contributed by atoms with Crippen molar-refractivity contribution in [1.29, 1.82) is 0 Å². The Morgan fingerprint density at radius 1 is 1.00 bits per heavy atom. The molecule has 4 saturated carbocycles. The second-order valence-corrected chi connectivity index (χ2v) is 10.0. The van der Waals surface area contributed by atoms with Gasteiger partial charge in [-0.2, -0.15) is 0 Å². The lowest BCUT2D eigenvalue weighted by molar-refractivity contribution is -0.138. The standard InChI is InChI=1S/C24H33N3O3/c1-16(24-13-17-10-18(14-24)12-19(11-17)15-24)25-22(28)23(29)26-20-4-2-3-5-21(20)27-6-8-30-9-7-27/h2-5,16-19H,6-15H2,1H3,(H,25,28)(H,26,29). The van der Waals surface area contributed by atoms with Crippen LogP contribution in [-0.2, 0) is 14.3 Å².